The van der Waals surface area contributed by atoms with Gasteiger partial charge in [-0.2, -0.15) is 4.80 Å². The van der Waals surface area contributed by atoms with Crippen molar-refractivity contribution in [3.63, 3.8) is 0 Å². The van der Waals surface area contributed by atoms with Gasteiger partial charge < -0.3 is 0 Å². The Labute approximate surface area is 190 Å². The molecule has 1 heterocycles. The van der Waals surface area contributed by atoms with Crippen molar-refractivity contribution in [2.24, 2.45) is 0 Å². The van der Waals surface area contributed by atoms with Gasteiger partial charge in [0.25, 0.3) is 0 Å². The summed E-state index contributed by atoms with van der Waals surface area (Å²) in [6, 6.07) is 13.0. The van der Waals surface area contributed by atoms with Crippen molar-refractivity contribution in [1.29, 1.82) is 0 Å². The number of sulfonamides is 1. The molecule has 1 aromatic heterocycles. The van der Waals surface area contributed by atoms with Gasteiger partial charge in [-0.25, -0.2) is 13.1 Å². The van der Waals surface area contributed by atoms with Crippen LogP contribution >= 0.6 is 23.2 Å². The van der Waals surface area contributed by atoms with Crippen LogP contribution in [0.2, 0.25) is 10.0 Å². The molecule has 0 radical (unpaired) electrons. The van der Waals surface area contributed by atoms with E-state index in [2.05, 4.69) is 20.1 Å². The molecule has 0 saturated carbocycles. The topological polar surface area (TPSA) is 107 Å². The highest BCUT2D eigenvalue weighted by molar-refractivity contribution is 7.88. The lowest BCUT2D eigenvalue weighted by atomic mass is 10.1. The predicted molar refractivity (Wildman–Crippen MR) is 118 cm³/mol. The first-order valence-corrected chi connectivity index (χ1v) is 11.9. The van der Waals surface area contributed by atoms with E-state index in [1.54, 1.807) is 55.5 Å². The van der Waals surface area contributed by atoms with E-state index in [4.69, 9.17) is 23.2 Å². The molecule has 1 atom stereocenters. The summed E-state index contributed by atoms with van der Waals surface area (Å²) < 4.78 is 27.4. The predicted octanol–water partition coefficient (Wildman–Crippen LogP) is 3.04. The largest absolute Gasteiger partial charge is 0.296 e. The Morgan fingerprint density at radius 2 is 1.77 bits per heavy atom. The molecule has 0 fully saturated rings. The molecule has 0 saturated heterocycles. The lowest BCUT2D eigenvalue weighted by Gasteiger charge is -2.15. The van der Waals surface area contributed by atoms with E-state index in [1.165, 1.54) is 0 Å². The zero-order valence-corrected chi connectivity index (χ0v) is 19.0. The third-order valence-corrected chi connectivity index (χ3v) is 6.57. The fourth-order valence-electron chi connectivity index (χ4n) is 2.95. The highest BCUT2D eigenvalue weighted by atomic mass is 35.5. The van der Waals surface area contributed by atoms with Gasteiger partial charge in [0.05, 0.1) is 11.8 Å². The third kappa shape index (κ3) is 6.57. The third-order valence-electron chi connectivity index (χ3n) is 4.51. The maximum atomic E-state index is 12.7. The summed E-state index contributed by atoms with van der Waals surface area (Å²) >= 11 is 12.3. The highest BCUT2D eigenvalue weighted by Crippen LogP contribution is 2.25. The van der Waals surface area contributed by atoms with Crippen molar-refractivity contribution in [3.05, 3.63) is 75.5 Å². The number of Topliss-reactive ketones (excluding diaryl/α,β-unsaturated/α-hetero) is 1. The molecule has 31 heavy (non-hydrogen) atoms. The maximum Gasteiger partial charge on any atom is 0.216 e. The van der Waals surface area contributed by atoms with Crippen molar-refractivity contribution >= 4 is 39.0 Å². The Balaban J connectivity index is 1.63. The van der Waals surface area contributed by atoms with Crippen LogP contribution in [0.5, 0.6) is 0 Å². The molecule has 0 aliphatic carbocycles. The SMILES string of the molecule is CCC(NS(=O)(=O)Cc1ccccc1)C(=O)Cn1nnc(Cc2c(Cl)cccc2Cl)n1. The number of carbonyl (C=O) groups is 1. The summed E-state index contributed by atoms with van der Waals surface area (Å²) in [7, 11) is -3.69. The first kappa shape index (κ1) is 23.3. The van der Waals surface area contributed by atoms with Crippen LogP contribution in [0.3, 0.4) is 0 Å². The minimum absolute atomic E-state index is 0.206. The van der Waals surface area contributed by atoms with Gasteiger partial charge in [-0.05, 0) is 34.9 Å². The number of tetrazole rings is 1. The first-order valence-electron chi connectivity index (χ1n) is 9.53. The standard InChI is InChI=1S/C20H21Cl2N5O3S/c1-2-18(25-31(29,30)13-14-7-4-3-5-8-14)19(28)12-27-24-20(23-26-27)11-15-16(21)9-6-10-17(15)22/h3-10,18,25H,2,11-13H2,1H3. The summed E-state index contributed by atoms with van der Waals surface area (Å²) in [5, 5.41) is 13.0. The second-order valence-electron chi connectivity index (χ2n) is 6.90. The molecule has 0 spiro atoms. The molecule has 1 unspecified atom stereocenters. The summed E-state index contributed by atoms with van der Waals surface area (Å²) in [6.45, 7) is 1.52. The molecule has 0 aliphatic rings. The minimum atomic E-state index is -3.69. The second-order valence-corrected chi connectivity index (χ2v) is 9.47. The zero-order chi connectivity index (χ0) is 22.4. The van der Waals surface area contributed by atoms with Crippen LogP contribution in [0.4, 0.5) is 0 Å². The van der Waals surface area contributed by atoms with Crippen LogP contribution in [0.15, 0.2) is 48.5 Å². The molecule has 8 nitrogen and oxygen atoms in total. The van der Waals surface area contributed by atoms with Crippen molar-refractivity contribution < 1.29 is 13.2 Å². The normalized spacial score (nSPS) is 12.6. The Bertz CT molecular complexity index is 1130. The fourth-order valence-corrected chi connectivity index (χ4v) is 4.93. The van der Waals surface area contributed by atoms with E-state index in [-0.39, 0.29) is 24.5 Å². The zero-order valence-electron chi connectivity index (χ0n) is 16.7. The number of nitrogens with one attached hydrogen (secondary N) is 1. The van der Waals surface area contributed by atoms with E-state index in [0.29, 0.717) is 33.4 Å². The Hall–Kier alpha value is -2.33. The van der Waals surface area contributed by atoms with Gasteiger partial charge in [-0.3, -0.25) is 4.79 Å². The molecule has 164 valence electrons. The van der Waals surface area contributed by atoms with Crippen LogP contribution in [0, 0.1) is 0 Å². The number of aromatic nitrogens is 4. The van der Waals surface area contributed by atoms with Gasteiger partial charge >= 0.3 is 0 Å². The van der Waals surface area contributed by atoms with Crippen LogP contribution in [0.1, 0.15) is 30.3 Å². The molecule has 2 aromatic carbocycles. The van der Waals surface area contributed by atoms with Crippen LogP contribution < -0.4 is 4.72 Å². The van der Waals surface area contributed by atoms with Gasteiger partial charge in [-0.15, -0.1) is 10.2 Å². The van der Waals surface area contributed by atoms with E-state index >= 15 is 0 Å². The van der Waals surface area contributed by atoms with Gasteiger partial charge in [-0.1, -0.05) is 66.5 Å². The fraction of sp³-hybridized carbons (Fsp3) is 0.300. The number of rotatable bonds is 10. The van der Waals surface area contributed by atoms with E-state index in [0.717, 1.165) is 4.80 Å². The molecule has 0 aliphatic heterocycles. The van der Waals surface area contributed by atoms with Crippen LogP contribution in [-0.2, 0) is 33.5 Å². The molecule has 11 heteroatoms. The number of carbonyl (C=O) groups excluding carboxylic acids is 1. The molecular formula is C20H21Cl2N5O3S. The van der Waals surface area contributed by atoms with Crippen molar-refractivity contribution in [2.45, 2.75) is 38.1 Å². The smallest absolute Gasteiger partial charge is 0.216 e. The Morgan fingerprint density at radius 1 is 1.10 bits per heavy atom. The number of hydrogen-bond donors (Lipinski definition) is 1. The maximum absolute atomic E-state index is 12.7. The number of nitrogens with zero attached hydrogens (tertiary/aromatic N) is 4. The summed E-state index contributed by atoms with van der Waals surface area (Å²) in [5.74, 6) is -0.221. The van der Waals surface area contributed by atoms with E-state index in [9.17, 15) is 13.2 Å². The highest BCUT2D eigenvalue weighted by Gasteiger charge is 2.24. The van der Waals surface area contributed by atoms with Gasteiger partial charge in [0.15, 0.2) is 11.6 Å². The summed E-state index contributed by atoms with van der Waals surface area (Å²) in [5.41, 5.74) is 1.30. The van der Waals surface area contributed by atoms with Gasteiger partial charge in [0.2, 0.25) is 10.0 Å². The minimum Gasteiger partial charge on any atom is -0.296 e. The summed E-state index contributed by atoms with van der Waals surface area (Å²) in [4.78, 5) is 13.8. The molecule has 3 rings (SSSR count). The number of hydrogen-bond acceptors (Lipinski definition) is 6. The van der Waals surface area contributed by atoms with E-state index in [1.807, 2.05) is 0 Å². The summed E-state index contributed by atoms with van der Waals surface area (Å²) in [6.07, 6.45) is 0.553. The Kier molecular flexibility index (Phi) is 7.77. The van der Waals surface area contributed by atoms with Crippen LogP contribution in [-0.4, -0.2) is 40.5 Å². The number of ketones is 1. The average Bonchev–Trinajstić information content (AvgIpc) is 3.16. The molecule has 0 amide bonds. The monoisotopic (exact) mass is 481 g/mol. The molecule has 1 N–H and O–H groups in total. The molecule has 0 bridgehead atoms. The van der Waals surface area contributed by atoms with Crippen molar-refractivity contribution in [2.75, 3.05) is 0 Å². The first-order chi connectivity index (χ1) is 14.8. The molecular weight excluding hydrogens is 461 g/mol. The number of benzene rings is 2. The van der Waals surface area contributed by atoms with Crippen molar-refractivity contribution in [1.82, 2.24) is 24.9 Å². The molecule has 3 aromatic rings. The number of halogens is 2. The van der Waals surface area contributed by atoms with Gasteiger partial charge in [0, 0.05) is 16.5 Å². The lowest BCUT2D eigenvalue weighted by Crippen LogP contribution is -2.42. The lowest BCUT2D eigenvalue weighted by molar-refractivity contribution is -0.121. The van der Waals surface area contributed by atoms with Gasteiger partial charge in [0.1, 0.15) is 6.54 Å². The Morgan fingerprint density at radius 3 is 2.42 bits per heavy atom. The second kappa shape index (κ2) is 10.3. The van der Waals surface area contributed by atoms with Crippen molar-refractivity contribution in [3.8, 4) is 0 Å². The average molecular weight is 482 g/mol. The quantitative estimate of drug-likeness (QED) is 0.476. The van der Waals surface area contributed by atoms with E-state index < -0.39 is 16.1 Å². The van der Waals surface area contributed by atoms with Crippen LogP contribution in [0.25, 0.3) is 0 Å².